The molecule has 3 aromatic carbocycles. The van der Waals surface area contributed by atoms with Gasteiger partial charge in [-0.25, -0.2) is 14.6 Å². The Morgan fingerprint density at radius 1 is 0.855 bits per heavy atom. The molecule has 6 atom stereocenters. The zero-order chi connectivity index (χ0) is 43.3. The third-order valence-corrected chi connectivity index (χ3v) is 11.6. The maximum Gasteiger partial charge on any atom is 0.337 e. The van der Waals surface area contributed by atoms with Crippen LogP contribution in [0.2, 0.25) is 0 Å². The minimum Gasteiger partial charge on any atom is -0.465 e. The molecule has 0 spiro atoms. The van der Waals surface area contributed by atoms with Crippen molar-refractivity contribution in [3.63, 3.8) is 0 Å². The number of anilines is 2. The number of methoxy groups -OCH3 is 1. The number of imidazole rings is 1. The van der Waals surface area contributed by atoms with Crippen LogP contribution in [0.25, 0.3) is 11.2 Å². The van der Waals surface area contributed by atoms with E-state index in [0.29, 0.717) is 80.6 Å². The predicted octanol–water partition coefficient (Wildman–Crippen LogP) is 2.40. The van der Waals surface area contributed by atoms with Crippen LogP contribution in [-0.4, -0.2) is 135 Å². The maximum atomic E-state index is 13.3. The molecule has 0 radical (unpaired) electrons. The molecule has 0 bridgehead atoms. The molecule has 6 N–H and O–H groups in total. The van der Waals surface area contributed by atoms with Crippen LogP contribution in [0, 0.1) is 0 Å². The number of amides is 4. The molecule has 62 heavy (non-hydrogen) atoms. The second kappa shape index (κ2) is 18.6. The van der Waals surface area contributed by atoms with Gasteiger partial charge in [-0.3, -0.25) is 14.2 Å². The highest BCUT2D eigenvalue weighted by atomic mass is 16.6. The van der Waals surface area contributed by atoms with Crippen molar-refractivity contribution in [1.82, 2.24) is 40.4 Å². The van der Waals surface area contributed by atoms with Crippen LogP contribution in [0.1, 0.15) is 63.8 Å². The molecule has 3 fully saturated rings. The Morgan fingerprint density at radius 3 is 2.23 bits per heavy atom. The Morgan fingerprint density at radius 2 is 1.53 bits per heavy atom. The summed E-state index contributed by atoms with van der Waals surface area (Å²) in [6.07, 6.45) is -2.82. The normalized spacial score (nSPS) is 22.2. The van der Waals surface area contributed by atoms with Gasteiger partial charge in [-0.2, -0.15) is 9.97 Å². The second-order valence-corrected chi connectivity index (χ2v) is 15.6. The number of carbonyl (C=O) groups is 4. The van der Waals surface area contributed by atoms with Gasteiger partial charge in [-0.15, -0.1) is 0 Å². The molecule has 18 nitrogen and oxygen atoms in total. The fourth-order valence-electron chi connectivity index (χ4n) is 8.35. The molecule has 18 heteroatoms. The van der Waals surface area contributed by atoms with E-state index in [1.165, 1.54) is 24.1 Å². The molecule has 5 aromatic rings. The summed E-state index contributed by atoms with van der Waals surface area (Å²) in [4.78, 5) is 69.4. The lowest BCUT2D eigenvalue weighted by Gasteiger charge is -2.22. The zero-order valence-electron chi connectivity index (χ0n) is 34.4. The van der Waals surface area contributed by atoms with Crippen molar-refractivity contribution in [2.75, 3.05) is 56.6 Å². The van der Waals surface area contributed by atoms with E-state index in [9.17, 15) is 29.4 Å². The van der Waals surface area contributed by atoms with Crippen LogP contribution in [0.4, 0.5) is 16.6 Å². The molecular weight excluding hydrogens is 797 g/mol. The topological polar surface area (TPSA) is 225 Å². The summed E-state index contributed by atoms with van der Waals surface area (Å²) in [6, 6.07) is 25.8. The summed E-state index contributed by atoms with van der Waals surface area (Å²) in [6.45, 7) is 4.18. The van der Waals surface area contributed by atoms with E-state index in [0.717, 1.165) is 11.1 Å². The summed E-state index contributed by atoms with van der Waals surface area (Å²) >= 11 is 0. The summed E-state index contributed by atoms with van der Waals surface area (Å²) in [7, 11) is 1.29. The number of nitrogens with one attached hydrogen (secondary N) is 4. The van der Waals surface area contributed by atoms with E-state index in [4.69, 9.17) is 19.4 Å². The number of benzene rings is 3. The van der Waals surface area contributed by atoms with Crippen LogP contribution >= 0.6 is 0 Å². The predicted molar refractivity (Wildman–Crippen MR) is 228 cm³/mol. The largest absolute Gasteiger partial charge is 0.465 e. The number of aliphatic hydroxyl groups excluding tert-OH is 2. The number of aromatic nitrogens is 4. The summed E-state index contributed by atoms with van der Waals surface area (Å²) in [5.74, 6) is -0.583. The average molecular weight is 847 g/mol. The minimum atomic E-state index is -1.49. The van der Waals surface area contributed by atoms with Crippen molar-refractivity contribution in [3.05, 3.63) is 114 Å². The first-order valence-electron chi connectivity index (χ1n) is 20.8. The lowest BCUT2D eigenvalue weighted by atomic mass is 9.91. The molecule has 3 saturated heterocycles. The fraction of sp³-hybridized carbons (Fsp3) is 0.386. The van der Waals surface area contributed by atoms with Crippen molar-refractivity contribution in [2.24, 2.45) is 0 Å². The van der Waals surface area contributed by atoms with Crippen molar-refractivity contribution in [2.45, 2.75) is 62.3 Å². The number of likely N-dealkylation sites (tertiary alicyclic amines) is 1. The molecule has 5 heterocycles. The van der Waals surface area contributed by atoms with E-state index in [2.05, 4.69) is 50.5 Å². The van der Waals surface area contributed by atoms with Crippen LogP contribution in [0.5, 0.6) is 0 Å². The quantitative estimate of drug-likeness (QED) is 0.0938. The Kier molecular flexibility index (Phi) is 12.6. The van der Waals surface area contributed by atoms with Crippen LogP contribution in [0.3, 0.4) is 0 Å². The lowest BCUT2D eigenvalue weighted by Crippen LogP contribution is -2.48. The fourth-order valence-corrected chi connectivity index (χ4v) is 8.35. The number of rotatable bonds is 13. The summed E-state index contributed by atoms with van der Waals surface area (Å²) in [5, 5.41) is 34.3. The number of carbonyl (C=O) groups excluding carboxylic acids is 4. The number of aliphatic hydroxyl groups is 2. The minimum absolute atomic E-state index is 0.0531. The molecule has 324 valence electrons. The monoisotopic (exact) mass is 846 g/mol. The van der Waals surface area contributed by atoms with E-state index in [1.54, 1.807) is 30.0 Å². The molecule has 0 unspecified atom stereocenters. The number of esters is 1. The van der Waals surface area contributed by atoms with E-state index < -0.39 is 36.4 Å². The van der Waals surface area contributed by atoms with Gasteiger partial charge in [0.15, 0.2) is 29.3 Å². The van der Waals surface area contributed by atoms with Gasteiger partial charge in [-0.1, -0.05) is 66.7 Å². The lowest BCUT2D eigenvalue weighted by molar-refractivity contribution is -0.137. The second-order valence-electron chi connectivity index (χ2n) is 15.6. The number of nitrogens with zero attached hydrogens (tertiary/aromatic N) is 6. The third kappa shape index (κ3) is 8.88. The molecule has 8 rings (SSSR count). The van der Waals surface area contributed by atoms with Gasteiger partial charge in [-0.05, 0) is 49.1 Å². The maximum absolute atomic E-state index is 13.3. The van der Waals surface area contributed by atoms with Gasteiger partial charge >= 0.3 is 12.0 Å². The molecule has 3 aliphatic heterocycles. The van der Waals surface area contributed by atoms with Gasteiger partial charge in [0.05, 0.1) is 19.0 Å². The van der Waals surface area contributed by atoms with E-state index >= 15 is 0 Å². The molecule has 0 saturated carbocycles. The van der Waals surface area contributed by atoms with Crippen molar-refractivity contribution >= 4 is 46.7 Å². The van der Waals surface area contributed by atoms with Gasteiger partial charge < -0.3 is 50.8 Å². The molecular formula is C44H50N10O8. The van der Waals surface area contributed by atoms with Crippen molar-refractivity contribution in [1.29, 1.82) is 0 Å². The summed E-state index contributed by atoms with van der Waals surface area (Å²) in [5.41, 5.74) is 3.56. The van der Waals surface area contributed by atoms with Crippen LogP contribution < -0.4 is 26.2 Å². The van der Waals surface area contributed by atoms with Crippen molar-refractivity contribution < 1.29 is 38.9 Å². The zero-order valence-corrected chi connectivity index (χ0v) is 34.4. The molecule has 3 aliphatic rings. The average Bonchev–Trinajstić information content (AvgIpc) is 4.11. The number of likely N-dealkylation sites (N-methyl/N-ethyl adjacent to an activating group) is 1. The van der Waals surface area contributed by atoms with Crippen molar-refractivity contribution in [3.8, 4) is 0 Å². The molecule has 2 aromatic heterocycles. The summed E-state index contributed by atoms with van der Waals surface area (Å²) < 4.78 is 12.3. The van der Waals surface area contributed by atoms with Gasteiger partial charge in [0.1, 0.15) is 12.2 Å². The van der Waals surface area contributed by atoms with Gasteiger partial charge in [0.25, 0.3) is 11.8 Å². The Labute approximate surface area is 357 Å². The molecule has 0 aliphatic carbocycles. The van der Waals surface area contributed by atoms with Gasteiger partial charge in [0, 0.05) is 62.8 Å². The third-order valence-electron chi connectivity index (χ3n) is 11.6. The van der Waals surface area contributed by atoms with Crippen LogP contribution in [0.15, 0.2) is 91.3 Å². The Balaban J connectivity index is 0.988. The first-order valence-corrected chi connectivity index (χ1v) is 20.8. The number of hydrogen-bond donors (Lipinski definition) is 6. The number of ether oxygens (including phenoxy) is 2. The number of fused-ring (bicyclic) bond motifs is 1. The Bertz CT molecular complexity index is 2360. The Hall–Kier alpha value is -6.63. The molecule has 4 amide bonds. The number of hydrogen-bond acceptors (Lipinski definition) is 13. The SMILES string of the molecule is CCNC(=O)[C@H]1O[C@@H](n2cnc3c(NCC(c4ccccc4)c4ccccc4)nc(N4CC[C@@H](NC(=O)N[C@@H]5CCN(C(=O)c6cccc(C(=O)OC)c6)C5)C4)nc32)[C@H](O)[C@@H]1O. The highest BCUT2D eigenvalue weighted by molar-refractivity contribution is 5.98. The van der Waals surface area contributed by atoms with Gasteiger partial charge in [0.2, 0.25) is 5.95 Å². The van der Waals surface area contributed by atoms with E-state index in [1.807, 2.05) is 41.3 Å². The number of urea groups is 1. The van der Waals surface area contributed by atoms with Crippen LogP contribution in [-0.2, 0) is 14.3 Å². The smallest absolute Gasteiger partial charge is 0.337 e. The highest BCUT2D eigenvalue weighted by Crippen LogP contribution is 2.35. The first kappa shape index (κ1) is 42.1. The first-order chi connectivity index (χ1) is 30.1. The highest BCUT2D eigenvalue weighted by Gasteiger charge is 2.48. The standard InChI is InChI=1S/C44H50N10O8/c1-3-45-39(57)36-34(55)35(56)41(62-36)54-25-47-33-37(46-22-32(26-11-6-4-7-12-26)27-13-8-5-9-14-27)50-43(51-38(33)54)53-20-18-31(24-53)49-44(60)48-30-17-19-52(23-30)40(58)28-15-10-16-29(21-28)42(59)61-2/h4-16,21,25,30-32,34-36,41,55-56H,3,17-20,22-24H2,1-2H3,(H,45,57)(H,46,50,51)(H2,48,49,60)/t30-,31-,34+,35-,36+,41-/m1/s1. The van der Waals surface area contributed by atoms with E-state index in [-0.39, 0.29) is 35.5 Å².